The number of aliphatic hydroxyl groups is 1. The van der Waals surface area contributed by atoms with Crippen molar-refractivity contribution in [2.24, 2.45) is 5.92 Å². The van der Waals surface area contributed by atoms with Crippen molar-refractivity contribution in [1.82, 2.24) is 5.32 Å². The molecule has 0 fully saturated rings. The van der Waals surface area contributed by atoms with Crippen molar-refractivity contribution in [3.8, 4) is 23.0 Å². The number of aromatic hydroxyl groups is 1. The largest absolute Gasteiger partial charge is 0.508 e. The van der Waals surface area contributed by atoms with Gasteiger partial charge in [-0.1, -0.05) is 30.7 Å². The van der Waals surface area contributed by atoms with Crippen molar-refractivity contribution < 1.29 is 34.0 Å². The van der Waals surface area contributed by atoms with Gasteiger partial charge in [-0.15, -0.1) is 0 Å². The van der Waals surface area contributed by atoms with E-state index in [1.165, 1.54) is 38.5 Å². The molecule has 2 aliphatic rings. The monoisotopic (exact) mass is 473 g/mol. The number of ether oxygens (including phenoxy) is 3. The Balaban J connectivity index is 1.58. The summed E-state index contributed by atoms with van der Waals surface area (Å²) in [5.74, 6) is -0.861. The van der Waals surface area contributed by atoms with E-state index in [-0.39, 0.29) is 40.1 Å². The topological polar surface area (TPSA) is 114 Å². The molecule has 4 rings (SSSR count). The molecule has 8 nitrogen and oxygen atoms in total. The zero-order valence-corrected chi connectivity index (χ0v) is 19.1. The Morgan fingerprint density at radius 1 is 1.21 bits per heavy atom. The number of phenols is 1. The second-order valence-electron chi connectivity index (χ2n) is 8.09. The molecular formula is C24H24ClNO7. The number of carbonyl (C=O) groups is 2. The summed E-state index contributed by atoms with van der Waals surface area (Å²) in [6.07, 6.45) is 0.826. The van der Waals surface area contributed by atoms with Crippen LogP contribution < -0.4 is 19.5 Å². The summed E-state index contributed by atoms with van der Waals surface area (Å²) in [6, 6.07) is 7.71. The normalized spacial score (nSPS) is 22.5. The van der Waals surface area contributed by atoms with Crippen molar-refractivity contribution in [3.63, 3.8) is 0 Å². The Morgan fingerprint density at radius 2 is 1.88 bits per heavy atom. The van der Waals surface area contributed by atoms with Gasteiger partial charge in [0.1, 0.15) is 27.8 Å². The van der Waals surface area contributed by atoms with E-state index in [1.807, 2.05) is 0 Å². The number of methoxy groups -OCH3 is 2. The summed E-state index contributed by atoms with van der Waals surface area (Å²) in [5, 5.41) is 23.0. The van der Waals surface area contributed by atoms with Crippen molar-refractivity contribution in [1.29, 1.82) is 0 Å². The Morgan fingerprint density at radius 3 is 2.48 bits per heavy atom. The highest BCUT2D eigenvalue weighted by Gasteiger charge is 2.60. The summed E-state index contributed by atoms with van der Waals surface area (Å²) in [5.41, 5.74) is -0.421. The fraction of sp³-hybridized carbons (Fsp3) is 0.333. The maximum Gasteiger partial charge on any atom is 0.236 e. The quantitative estimate of drug-likeness (QED) is 0.548. The van der Waals surface area contributed by atoms with Crippen LogP contribution in [0.1, 0.15) is 35.4 Å². The van der Waals surface area contributed by atoms with Crippen molar-refractivity contribution in [2.75, 3.05) is 20.8 Å². The number of aliphatic hydroxyl groups excluding tert-OH is 1. The Kier molecular flexibility index (Phi) is 5.99. The van der Waals surface area contributed by atoms with Gasteiger partial charge in [0.2, 0.25) is 17.2 Å². The van der Waals surface area contributed by atoms with Gasteiger partial charge in [0.05, 0.1) is 20.3 Å². The number of benzene rings is 2. The number of allylic oxidation sites excluding steroid dienone is 1. The number of Topliss-reactive ketones (excluding diaryl/α,β-unsaturated/α-hetero) is 1. The molecule has 9 heteroatoms. The predicted octanol–water partition coefficient (Wildman–Crippen LogP) is 3.19. The van der Waals surface area contributed by atoms with Gasteiger partial charge >= 0.3 is 0 Å². The van der Waals surface area contributed by atoms with E-state index in [0.717, 1.165) is 0 Å². The molecule has 0 saturated heterocycles. The molecule has 0 unspecified atom stereocenters. The van der Waals surface area contributed by atoms with E-state index in [1.54, 1.807) is 19.1 Å². The lowest BCUT2D eigenvalue weighted by Crippen LogP contribution is -2.55. The molecule has 174 valence electrons. The third-order valence-electron chi connectivity index (χ3n) is 6.11. The second kappa shape index (κ2) is 8.61. The van der Waals surface area contributed by atoms with Crippen molar-refractivity contribution in [2.45, 2.75) is 25.0 Å². The lowest BCUT2D eigenvalue weighted by Gasteiger charge is -2.35. The van der Waals surface area contributed by atoms with Gasteiger partial charge in [-0.2, -0.15) is 0 Å². The smallest absolute Gasteiger partial charge is 0.236 e. The standard InChI is InChI=1S/C24H24ClNO7/c1-12-8-14(26-11-16(28)13-4-6-15(27)7-5-13)9-19(29)24(12)23(30)20-17(31-2)10-18(32-3)21(25)22(20)33-24/h4-7,9-10,12,16,26-28H,8,11H2,1-3H3/t12-,16-,24+/m1/s1. The van der Waals surface area contributed by atoms with Crippen molar-refractivity contribution >= 4 is 23.2 Å². The number of nitrogens with one attached hydrogen (secondary N) is 1. The number of rotatable bonds is 6. The highest BCUT2D eigenvalue weighted by molar-refractivity contribution is 6.36. The summed E-state index contributed by atoms with van der Waals surface area (Å²) < 4.78 is 16.6. The molecule has 33 heavy (non-hydrogen) atoms. The van der Waals surface area contributed by atoms with Crippen LogP contribution in [0.4, 0.5) is 0 Å². The molecule has 1 aliphatic heterocycles. The fourth-order valence-corrected chi connectivity index (χ4v) is 4.56. The second-order valence-corrected chi connectivity index (χ2v) is 8.47. The summed E-state index contributed by atoms with van der Waals surface area (Å²) in [7, 11) is 2.84. The van der Waals surface area contributed by atoms with E-state index in [4.69, 9.17) is 25.8 Å². The number of hydrogen-bond acceptors (Lipinski definition) is 8. The zero-order valence-electron chi connectivity index (χ0n) is 18.3. The molecule has 0 saturated carbocycles. The fourth-order valence-electron chi connectivity index (χ4n) is 4.29. The maximum atomic E-state index is 13.5. The highest BCUT2D eigenvalue weighted by atomic mass is 35.5. The first-order chi connectivity index (χ1) is 15.7. The Labute approximate surface area is 195 Å². The van der Waals surface area contributed by atoms with Crippen LogP contribution in [0.5, 0.6) is 23.0 Å². The van der Waals surface area contributed by atoms with E-state index < -0.39 is 29.2 Å². The van der Waals surface area contributed by atoms with E-state index in [0.29, 0.717) is 17.7 Å². The Hall–Kier alpha value is -3.23. The Bertz CT molecular complexity index is 1140. The van der Waals surface area contributed by atoms with Crippen LogP contribution in [0.2, 0.25) is 5.02 Å². The van der Waals surface area contributed by atoms with Gasteiger partial charge in [0.15, 0.2) is 5.75 Å². The molecule has 2 aromatic carbocycles. The van der Waals surface area contributed by atoms with Gasteiger partial charge in [-0.25, -0.2) is 0 Å². The third-order valence-corrected chi connectivity index (χ3v) is 6.47. The SMILES string of the molecule is COc1cc(OC)c2c(c1Cl)O[C@@]1(C(=O)C=C(NC[C@@H](O)c3ccc(O)cc3)C[C@H]1C)C2=O. The van der Waals surface area contributed by atoms with Crippen LogP contribution in [-0.2, 0) is 4.79 Å². The molecule has 1 spiro atoms. The van der Waals surface area contributed by atoms with Crippen LogP contribution >= 0.6 is 11.6 Å². The zero-order chi connectivity index (χ0) is 23.9. The molecular weight excluding hydrogens is 450 g/mol. The molecule has 3 atom stereocenters. The highest BCUT2D eigenvalue weighted by Crippen LogP contribution is 2.52. The minimum Gasteiger partial charge on any atom is -0.508 e. The summed E-state index contributed by atoms with van der Waals surface area (Å²) in [6.45, 7) is 1.90. The first-order valence-corrected chi connectivity index (χ1v) is 10.7. The van der Waals surface area contributed by atoms with E-state index in [9.17, 15) is 19.8 Å². The number of phenolic OH excluding ortho intramolecular Hbond substituents is 1. The molecule has 2 aromatic rings. The average molecular weight is 474 g/mol. The number of halogens is 1. The molecule has 0 amide bonds. The predicted molar refractivity (Wildman–Crippen MR) is 120 cm³/mol. The lowest BCUT2D eigenvalue weighted by molar-refractivity contribution is -0.129. The van der Waals surface area contributed by atoms with Crippen LogP contribution in [0.25, 0.3) is 0 Å². The van der Waals surface area contributed by atoms with Crippen LogP contribution in [-0.4, -0.2) is 48.1 Å². The van der Waals surface area contributed by atoms with Gasteiger partial charge in [-0.3, -0.25) is 9.59 Å². The van der Waals surface area contributed by atoms with Crippen LogP contribution in [0.15, 0.2) is 42.1 Å². The van der Waals surface area contributed by atoms with Crippen LogP contribution in [0.3, 0.4) is 0 Å². The van der Waals surface area contributed by atoms with E-state index in [2.05, 4.69) is 5.32 Å². The van der Waals surface area contributed by atoms with E-state index >= 15 is 0 Å². The maximum absolute atomic E-state index is 13.5. The number of carbonyl (C=O) groups excluding carboxylic acids is 2. The van der Waals surface area contributed by atoms with Gasteiger partial charge in [0.25, 0.3) is 0 Å². The van der Waals surface area contributed by atoms with Gasteiger partial charge in [0, 0.05) is 30.3 Å². The molecule has 0 aromatic heterocycles. The first kappa shape index (κ1) is 22.9. The first-order valence-electron chi connectivity index (χ1n) is 10.4. The summed E-state index contributed by atoms with van der Waals surface area (Å²) >= 11 is 6.39. The minimum atomic E-state index is -1.74. The third kappa shape index (κ3) is 3.69. The molecule has 0 bridgehead atoms. The summed E-state index contributed by atoms with van der Waals surface area (Å²) in [4.78, 5) is 26.7. The lowest BCUT2D eigenvalue weighted by atomic mass is 9.74. The van der Waals surface area contributed by atoms with Gasteiger partial charge < -0.3 is 29.7 Å². The number of ketones is 2. The molecule has 1 heterocycles. The van der Waals surface area contributed by atoms with Gasteiger partial charge in [-0.05, 0) is 24.1 Å². The minimum absolute atomic E-state index is 0.0747. The molecule has 0 radical (unpaired) electrons. The number of fused-ring (bicyclic) bond motifs is 1. The average Bonchev–Trinajstić information content (AvgIpc) is 3.12. The van der Waals surface area contributed by atoms with Crippen molar-refractivity contribution in [3.05, 3.63) is 58.3 Å². The number of hydrogen-bond donors (Lipinski definition) is 3. The molecule has 1 aliphatic carbocycles. The van der Waals surface area contributed by atoms with Crippen LogP contribution in [0, 0.1) is 5.92 Å². The molecule has 3 N–H and O–H groups in total.